The van der Waals surface area contributed by atoms with E-state index in [9.17, 15) is 19.5 Å². The number of nitrogens with zero attached hydrogens (tertiary/aromatic N) is 1. The van der Waals surface area contributed by atoms with Gasteiger partial charge in [0, 0.05) is 24.1 Å². The second-order valence-electron chi connectivity index (χ2n) is 5.57. The highest BCUT2D eigenvalue weighted by Gasteiger charge is 2.29. The molecule has 1 saturated heterocycles. The number of carbonyl (C=O) groups excluding carboxylic acids is 2. The number of carboxylic acids is 1. The maximum atomic E-state index is 12.3. The second-order valence-corrected chi connectivity index (χ2v) is 5.94. The van der Waals surface area contributed by atoms with Gasteiger partial charge in [-0.25, -0.2) is 9.78 Å². The number of thiol groups is 1. The van der Waals surface area contributed by atoms with E-state index in [1.807, 2.05) is 0 Å². The number of imidazole rings is 1. The van der Waals surface area contributed by atoms with Gasteiger partial charge in [0.15, 0.2) is 0 Å². The van der Waals surface area contributed by atoms with Gasteiger partial charge in [0.05, 0.1) is 12.4 Å². The third-order valence-electron chi connectivity index (χ3n) is 3.79. The van der Waals surface area contributed by atoms with Gasteiger partial charge in [0.25, 0.3) is 0 Å². The molecule has 5 N–H and O–H groups in total. The molecule has 0 spiro atoms. The first kappa shape index (κ1) is 18.3. The zero-order chi connectivity index (χ0) is 17.5. The molecule has 2 amide bonds. The molecule has 24 heavy (non-hydrogen) atoms. The van der Waals surface area contributed by atoms with E-state index >= 15 is 0 Å². The molecule has 0 aromatic carbocycles. The molecule has 0 saturated carbocycles. The summed E-state index contributed by atoms with van der Waals surface area (Å²) < 4.78 is 0. The number of nitrogens with one attached hydrogen (secondary N) is 4. The largest absolute Gasteiger partial charge is 0.480 e. The molecule has 2 heterocycles. The summed E-state index contributed by atoms with van der Waals surface area (Å²) in [7, 11) is 0. The number of carboxylic acid groups (broad SMARTS) is 1. The van der Waals surface area contributed by atoms with E-state index in [0.717, 1.165) is 13.0 Å². The van der Waals surface area contributed by atoms with Gasteiger partial charge < -0.3 is 26.0 Å². The number of carbonyl (C=O) groups is 3. The summed E-state index contributed by atoms with van der Waals surface area (Å²) in [6, 6.07) is -2.34. The summed E-state index contributed by atoms with van der Waals surface area (Å²) in [5, 5.41) is 17.3. The Morgan fingerprint density at radius 1 is 1.38 bits per heavy atom. The Labute approximate surface area is 144 Å². The summed E-state index contributed by atoms with van der Waals surface area (Å²) in [6.07, 6.45) is 4.61. The average Bonchev–Trinajstić information content (AvgIpc) is 3.24. The van der Waals surface area contributed by atoms with Crippen molar-refractivity contribution in [1.29, 1.82) is 0 Å². The van der Waals surface area contributed by atoms with Crippen molar-refractivity contribution in [2.45, 2.75) is 37.4 Å². The van der Waals surface area contributed by atoms with Crippen LogP contribution in [0.3, 0.4) is 0 Å². The molecule has 1 aliphatic rings. The smallest absolute Gasteiger partial charge is 0.326 e. The predicted molar refractivity (Wildman–Crippen MR) is 88.7 cm³/mol. The van der Waals surface area contributed by atoms with Crippen LogP contribution in [0.2, 0.25) is 0 Å². The normalized spacial score (nSPS) is 19.5. The van der Waals surface area contributed by atoms with E-state index in [-0.39, 0.29) is 24.1 Å². The van der Waals surface area contributed by atoms with Gasteiger partial charge in [-0.2, -0.15) is 12.6 Å². The summed E-state index contributed by atoms with van der Waals surface area (Å²) in [5.41, 5.74) is 0.587. The molecule has 2 rings (SSSR count). The minimum absolute atomic E-state index is 0.0679. The third kappa shape index (κ3) is 4.96. The zero-order valence-electron chi connectivity index (χ0n) is 13.0. The molecule has 3 atom stereocenters. The van der Waals surface area contributed by atoms with Crippen LogP contribution in [0.4, 0.5) is 0 Å². The van der Waals surface area contributed by atoms with Crippen molar-refractivity contribution in [3.8, 4) is 0 Å². The molecule has 0 bridgehead atoms. The van der Waals surface area contributed by atoms with Crippen LogP contribution in [-0.4, -0.2) is 63.3 Å². The highest BCUT2D eigenvalue weighted by atomic mass is 32.1. The van der Waals surface area contributed by atoms with Crippen molar-refractivity contribution in [3.63, 3.8) is 0 Å². The van der Waals surface area contributed by atoms with Gasteiger partial charge in [0.1, 0.15) is 12.1 Å². The van der Waals surface area contributed by atoms with Crippen molar-refractivity contribution in [2.75, 3.05) is 12.3 Å². The Hall–Kier alpha value is -2.07. The fourth-order valence-electron chi connectivity index (χ4n) is 2.46. The summed E-state index contributed by atoms with van der Waals surface area (Å²) in [5.74, 6) is -1.95. The SMILES string of the molecule is O=C(O)C(Cc1cnc[nH]1)NC(=O)C(CS)NC(=O)C1CCCN1. The summed E-state index contributed by atoms with van der Waals surface area (Å²) >= 11 is 4.08. The number of hydrogen-bond acceptors (Lipinski definition) is 6. The lowest BCUT2D eigenvalue weighted by Crippen LogP contribution is -2.55. The van der Waals surface area contributed by atoms with Crippen LogP contribution in [0, 0.1) is 0 Å². The van der Waals surface area contributed by atoms with E-state index < -0.39 is 24.0 Å². The first-order valence-electron chi connectivity index (χ1n) is 7.66. The van der Waals surface area contributed by atoms with Crippen molar-refractivity contribution in [3.05, 3.63) is 18.2 Å². The second kappa shape index (κ2) is 8.69. The molecular weight excluding hydrogens is 334 g/mol. The van der Waals surface area contributed by atoms with Crippen molar-refractivity contribution >= 4 is 30.4 Å². The van der Waals surface area contributed by atoms with Gasteiger partial charge >= 0.3 is 5.97 Å². The van der Waals surface area contributed by atoms with E-state index in [1.165, 1.54) is 12.5 Å². The van der Waals surface area contributed by atoms with Crippen molar-refractivity contribution in [2.24, 2.45) is 0 Å². The zero-order valence-corrected chi connectivity index (χ0v) is 13.9. The van der Waals surface area contributed by atoms with Crippen LogP contribution >= 0.6 is 12.6 Å². The molecule has 9 nitrogen and oxygen atoms in total. The van der Waals surface area contributed by atoms with Crippen LogP contribution in [0.15, 0.2) is 12.5 Å². The number of H-pyrrole nitrogens is 1. The van der Waals surface area contributed by atoms with E-state index in [4.69, 9.17) is 0 Å². The minimum Gasteiger partial charge on any atom is -0.480 e. The van der Waals surface area contributed by atoms with Crippen molar-refractivity contribution < 1.29 is 19.5 Å². The number of aliphatic carboxylic acids is 1. The van der Waals surface area contributed by atoms with Crippen molar-refractivity contribution in [1.82, 2.24) is 25.9 Å². The summed E-state index contributed by atoms with van der Waals surface area (Å²) in [4.78, 5) is 42.3. The van der Waals surface area contributed by atoms with E-state index in [2.05, 4.69) is 38.5 Å². The number of aromatic nitrogens is 2. The third-order valence-corrected chi connectivity index (χ3v) is 4.15. The fraction of sp³-hybridized carbons (Fsp3) is 0.571. The van der Waals surface area contributed by atoms with Crippen LogP contribution < -0.4 is 16.0 Å². The molecule has 0 aliphatic carbocycles. The molecule has 1 aromatic heterocycles. The van der Waals surface area contributed by atoms with Crippen LogP contribution in [-0.2, 0) is 20.8 Å². The standard InChI is InChI=1S/C14H21N5O4S/c20-12(9-2-1-3-16-9)19-11(6-24)13(21)18-10(14(22)23)4-8-5-15-7-17-8/h5,7,9-11,16,24H,1-4,6H2,(H,15,17)(H,18,21)(H,19,20)(H,22,23). The molecule has 10 heteroatoms. The maximum absolute atomic E-state index is 12.3. The lowest BCUT2D eigenvalue weighted by Gasteiger charge is -2.21. The lowest BCUT2D eigenvalue weighted by atomic mass is 10.1. The molecule has 1 aromatic rings. The topological polar surface area (TPSA) is 136 Å². The summed E-state index contributed by atoms with van der Waals surface area (Å²) in [6.45, 7) is 0.765. The number of aromatic amines is 1. The Kier molecular flexibility index (Phi) is 6.62. The van der Waals surface area contributed by atoms with Gasteiger partial charge in [0.2, 0.25) is 11.8 Å². The van der Waals surface area contributed by atoms with E-state index in [1.54, 1.807) is 0 Å². The fourth-order valence-corrected chi connectivity index (χ4v) is 2.72. The first-order chi connectivity index (χ1) is 11.5. The highest BCUT2D eigenvalue weighted by Crippen LogP contribution is 2.06. The Morgan fingerprint density at radius 3 is 2.71 bits per heavy atom. The number of hydrogen-bond donors (Lipinski definition) is 6. The maximum Gasteiger partial charge on any atom is 0.326 e. The quantitative estimate of drug-likeness (QED) is 0.320. The van der Waals surface area contributed by atoms with Gasteiger partial charge in [-0.15, -0.1) is 0 Å². The first-order valence-corrected chi connectivity index (χ1v) is 8.29. The number of rotatable bonds is 8. The number of amides is 2. The lowest BCUT2D eigenvalue weighted by molar-refractivity contribution is -0.142. The minimum atomic E-state index is -1.17. The molecular formula is C14H21N5O4S. The van der Waals surface area contributed by atoms with Gasteiger partial charge in [-0.05, 0) is 19.4 Å². The predicted octanol–water partition coefficient (Wildman–Crippen LogP) is -1.31. The van der Waals surface area contributed by atoms with Crippen LogP contribution in [0.5, 0.6) is 0 Å². The Morgan fingerprint density at radius 2 is 2.17 bits per heavy atom. The molecule has 1 aliphatic heterocycles. The molecule has 1 fully saturated rings. The average molecular weight is 355 g/mol. The van der Waals surface area contributed by atoms with Crippen LogP contribution in [0.1, 0.15) is 18.5 Å². The Balaban J connectivity index is 1.93. The Bertz CT molecular complexity index is 574. The molecule has 0 radical (unpaired) electrons. The molecule has 3 unspecified atom stereocenters. The van der Waals surface area contributed by atoms with Gasteiger partial charge in [-0.3, -0.25) is 9.59 Å². The monoisotopic (exact) mass is 355 g/mol. The van der Waals surface area contributed by atoms with E-state index in [0.29, 0.717) is 12.1 Å². The highest BCUT2D eigenvalue weighted by molar-refractivity contribution is 7.80. The molecule has 132 valence electrons. The van der Waals surface area contributed by atoms with Gasteiger partial charge in [-0.1, -0.05) is 0 Å². The van der Waals surface area contributed by atoms with Crippen LogP contribution in [0.25, 0.3) is 0 Å².